The van der Waals surface area contributed by atoms with E-state index >= 15 is 0 Å². The van der Waals surface area contributed by atoms with Gasteiger partial charge in [-0.05, 0) is 41.8 Å². The number of aromatic nitrogens is 2. The molecule has 5 rings (SSSR count). The molecule has 2 saturated heterocycles. The zero-order chi connectivity index (χ0) is 24.9. The summed E-state index contributed by atoms with van der Waals surface area (Å²) in [6, 6.07) is 15.8. The van der Waals surface area contributed by atoms with E-state index in [-0.39, 0.29) is 18.2 Å². The predicted octanol–water partition coefficient (Wildman–Crippen LogP) is 3.80. The topological polar surface area (TPSA) is 87.7 Å². The fourth-order valence-corrected chi connectivity index (χ4v) is 5.31. The van der Waals surface area contributed by atoms with Gasteiger partial charge in [0, 0.05) is 49.7 Å². The highest BCUT2D eigenvalue weighted by molar-refractivity contribution is 7.15. The third-order valence-corrected chi connectivity index (χ3v) is 7.64. The Labute approximate surface area is 219 Å². The maximum absolute atomic E-state index is 12.9. The van der Waals surface area contributed by atoms with Crippen LogP contribution in [-0.2, 0) is 33.7 Å². The van der Waals surface area contributed by atoms with Crippen LogP contribution >= 0.6 is 22.9 Å². The lowest BCUT2D eigenvalue weighted by Gasteiger charge is -2.26. The number of rotatable bonds is 8. The number of nitrogens with one attached hydrogen (secondary N) is 1. The molecular formula is C26H28ClN5O3S. The summed E-state index contributed by atoms with van der Waals surface area (Å²) < 4.78 is 5.41. The number of hydrogen-bond donors (Lipinski definition) is 1. The van der Waals surface area contributed by atoms with Crippen LogP contribution in [0.25, 0.3) is 0 Å². The third kappa shape index (κ3) is 6.28. The van der Waals surface area contributed by atoms with Crippen molar-refractivity contribution < 1.29 is 14.3 Å². The van der Waals surface area contributed by atoms with Gasteiger partial charge in [0.2, 0.25) is 16.9 Å². The van der Waals surface area contributed by atoms with E-state index in [1.165, 1.54) is 22.5 Å². The van der Waals surface area contributed by atoms with Gasteiger partial charge in [-0.25, -0.2) is 0 Å². The van der Waals surface area contributed by atoms with Crippen LogP contribution in [0.5, 0.6) is 0 Å². The number of anilines is 2. The Bertz CT molecular complexity index is 1200. The minimum atomic E-state index is -0.424. The van der Waals surface area contributed by atoms with E-state index in [4.69, 9.17) is 16.3 Å². The molecule has 1 aromatic heterocycles. The van der Waals surface area contributed by atoms with Gasteiger partial charge in [0.25, 0.3) is 0 Å². The van der Waals surface area contributed by atoms with Gasteiger partial charge in [0.15, 0.2) is 0 Å². The Morgan fingerprint density at radius 2 is 1.75 bits per heavy atom. The minimum Gasteiger partial charge on any atom is -0.379 e. The van der Waals surface area contributed by atoms with Gasteiger partial charge in [-0.2, -0.15) is 0 Å². The van der Waals surface area contributed by atoms with Gasteiger partial charge in [0.1, 0.15) is 5.01 Å². The van der Waals surface area contributed by atoms with Gasteiger partial charge >= 0.3 is 0 Å². The summed E-state index contributed by atoms with van der Waals surface area (Å²) in [4.78, 5) is 29.6. The van der Waals surface area contributed by atoms with Crippen molar-refractivity contribution in [3.63, 3.8) is 0 Å². The van der Waals surface area contributed by atoms with Crippen molar-refractivity contribution >= 4 is 45.6 Å². The van der Waals surface area contributed by atoms with Crippen molar-refractivity contribution in [2.45, 2.75) is 25.8 Å². The molecule has 0 saturated carbocycles. The van der Waals surface area contributed by atoms with E-state index in [0.29, 0.717) is 16.7 Å². The Kier molecular flexibility index (Phi) is 7.91. The van der Waals surface area contributed by atoms with Gasteiger partial charge < -0.3 is 15.0 Å². The second-order valence-corrected chi connectivity index (χ2v) is 10.6. The summed E-state index contributed by atoms with van der Waals surface area (Å²) in [5, 5.41) is 13.2. The molecule has 0 unspecified atom stereocenters. The average Bonchev–Trinajstić information content (AvgIpc) is 3.51. The number of carbonyl (C=O) groups excluding carboxylic acids is 2. The van der Waals surface area contributed by atoms with Gasteiger partial charge in [-0.3, -0.25) is 14.5 Å². The van der Waals surface area contributed by atoms with Crippen molar-refractivity contribution in [2.75, 3.05) is 43.1 Å². The van der Waals surface area contributed by atoms with Crippen molar-refractivity contribution in [1.29, 1.82) is 0 Å². The van der Waals surface area contributed by atoms with Crippen LogP contribution in [0, 0.1) is 5.92 Å². The molecule has 2 fully saturated rings. The number of benzene rings is 2. The number of nitrogens with zero attached hydrogens (tertiary/aromatic N) is 4. The maximum atomic E-state index is 12.9. The van der Waals surface area contributed by atoms with E-state index in [1.807, 2.05) is 36.4 Å². The lowest BCUT2D eigenvalue weighted by molar-refractivity contribution is -0.122. The highest BCUT2D eigenvalue weighted by atomic mass is 35.5. The number of amides is 2. The molecule has 2 amide bonds. The number of halogens is 1. The molecule has 2 aromatic carbocycles. The first-order valence-electron chi connectivity index (χ1n) is 12.1. The van der Waals surface area contributed by atoms with Gasteiger partial charge in [-0.15, -0.1) is 10.2 Å². The Morgan fingerprint density at radius 1 is 1.03 bits per heavy atom. The van der Waals surface area contributed by atoms with Crippen LogP contribution in [-0.4, -0.2) is 59.8 Å². The highest BCUT2D eigenvalue weighted by Crippen LogP contribution is 2.27. The zero-order valence-electron chi connectivity index (χ0n) is 19.9. The summed E-state index contributed by atoms with van der Waals surface area (Å²) in [5.74, 6) is -0.667. The molecule has 3 heterocycles. The summed E-state index contributed by atoms with van der Waals surface area (Å²) >= 11 is 7.30. The largest absolute Gasteiger partial charge is 0.379 e. The molecular weight excluding hydrogens is 498 g/mol. The SMILES string of the molecule is O=C(Nc1nnc(CCc2ccc(Cl)cc2)s1)[C@@H]1CC(=O)N(c2ccc(CN3CCOCC3)cc2)C1. The second kappa shape index (κ2) is 11.5. The molecule has 10 heteroatoms. The number of carbonyl (C=O) groups is 2. The Morgan fingerprint density at radius 3 is 2.50 bits per heavy atom. The van der Waals surface area contributed by atoms with Crippen LogP contribution in [0.3, 0.4) is 0 Å². The smallest absolute Gasteiger partial charge is 0.231 e. The molecule has 0 aliphatic carbocycles. The number of hydrogen-bond acceptors (Lipinski definition) is 7. The first kappa shape index (κ1) is 24.8. The summed E-state index contributed by atoms with van der Waals surface area (Å²) in [6.07, 6.45) is 1.73. The summed E-state index contributed by atoms with van der Waals surface area (Å²) in [5.41, 5.74) is 3.19. The summed E-state index contributed by atoms with van der Waals surface area (Å²) in [7, 11) is 0. The van der Waals surface area contributed by atoms with E-state index in [2.05, 4.69) is 32.5 Å². The van der Waals surface area contributed by atoms with Crippen molar-refractivity contribution in [1.82, 2.24) is 15.1 Å². The van der Waals surface area contributed by atoms with Gasteiger partial charge in [0.05, 0.1) is 19.1 Å². The quantitative estimate of drug-likeness (QED) is 0.481. The molecule has 2 aliphatic heterocycles. The number of aryl methyl sites for hydroxylation is 2. The molecule has 188 valence electrons. The fraction of sp³-hybridized carbons (Fsp3) is 0.385. The van der Waals surface area contributed by atoms with E-state index in [9.17, 15) is 9.59 Å². The van der Waals surface area contributed by atoms with Crippen LogP contribution < -0.4 is 10.2 Å². The highest BCUT2D eigenvalue weighted by Gasteiger charge is 2.35. The summed E-state index contributed by atoms with van der Waals surface area (Å²) in [6.45, 7) is 4.63. The zero-order valence-corrected chi connectivity index (χ0v) is 21.4. The minimum absolute atomic E-state index is 0.0444. The monoisotopic (exact) mass is 525 g/mol. The van der Waals surface area contributed by atoms with Crippen molar-refractivity contribution in [3.8, 4) is 0 Å². The fourth-order valence-electron chi connectivity index (χ4n) is 4.45. The lowest BCUT2D eigenvalue weighted by atomic mass is 10.1. The lowest BCUT2D eigenvalue weighted by Crippen LogP contribution is -2.35. The molecule has 2 aliphatic rings. The normalized spacial score (nSPS) is 18.5. The Balaban J connectivity index is 1.12. The molecule has 0 radical (unpaired) electrons. The van der Waals surface area contributed by atoms with E-state index in [1.54, 1.807) is 4.90 Å². The maximum Gasteiger partial charge on any atom is 0.231 e. The first-order valence-corrected chi connectivity index (χ1v) is 13.3. The van der Waals surface area contributed by atoms with Crippen LogP contribution in [0.1, 0.15) is 22.6 Å². The van der Waals surface area contributed by atoms with E-state index in [0.717, 1.165) is 56.4 Å². The molecule has 36 heavy (non-hydrogen) atoms. The first-order chi connectivity index (χ1) is 17.5. The number of ether oxygens (including phenoxy) is 1. The molecule has 0 spiro atoms. The standard InChI is InChI=1S/C26H28ClN5O3S/c27-21-6-1-18(2-7-21)5-10-23-29-30-26(36-23)28-25(34)20-15-24(33)32(17-20)22-8-3-19(4-9-22)16-31-11-13-35-14-12-31/h1-4,6-9,20H,5,10-17H2,(H,28,30,34)/t20-/m1/s1. The third-order valence-electron chi connectivity index (χ3n) is 6.49. The van der Waals surface area contributed by atoms with Gasteiger partial charge in [-0.1, -0.05) is 47.2 Å². The molecule has 3 aromatic rings. The predicted molar refractivity (Wildman–Crippen MR) is 140 cm³/mol. The van der Waals surface area contributed by atoms with Crippen LogP contribution in [0.2, 0.25) is 5.02 Å². The Hall–Kier alpha value is -2.85. The molecule has 0 bridgehead atoms. The molecule has 1 atom stereocenters. The van der Waals surface area contributed by atoms with Crippen LogP contribution in [0.15, 0.2) is 48.5 Å². The van der Waals surface area contributed by atoms with Crippen LogP contribution in [0.4, 0.5) is 10.8 Å². The second-order valence-electron chi connectivity index (χ2n) is 9.08. The van der Waals surface area contributed by atoms with Crippen molar-refractivity contribution in [3.05, 3.63) is 69.7 Å². The molecule has 8 nitrogen and oxygen atoms in total. The number of morpholine rings is 1. The average molecular weight is 526 g/mol. The van der Waals surface area contributed by atoms with E-state index < -0.39 is 5.92 Å². The molecule has 1 N–H and O–H groups in total. The van der Waals surface area contributed by atoms with Crippen molar-refractivity contribution in [2.24, 2.45) is 5.92 Å².